The van der Waals surface area contributed by atoms with Crippen molar-refractivity contribution in [3.63, 3.8) is 0 Å². The molecule has 0 bridgehead atoms. The van der Waals surface area contributed by atoms with E-state index in [0.29, 0.717) is 24.8 Å². The fourth-order valence-electron chi connectivity index (χ4n) is 5.44. The first-order valence-corrected chi connectivity index (χ1v) is 12.2. The molecule has 5 rings (SSSR count). The zero-order valence-electron chi connectivity index (χ0n) is 19.4. The van der Waals surface area contributed by atoms with E-state index in [2.05, 4.69) is 47.8 Å². The van der Waals surface area contributed by atoms with Crippen LogP contribution in [-0.2, 0) is 11.2 Å². The summed E-state index contributed by atoms with van der Waals surface area (Å²) in [7, 11) is 0. The summed E-state index contributed by atoms with van der Waals surface area (Å²) >= 11 is 0. The third-order valence-corrected chi connectivity index (χ3v) is 7.30. The third kappa shape index (κ3) is 4.84. The van der Waals surface area contributed by atoms with Crippen LogP contribution in [0.25, 0.3) is 11.1 Å². The maximum absolute atomic E-state index is 12.8. The van der Waals surface area contributed by atoms with E-state index < -0.39 is 0 Å². The highest BCUT2D eigenvalue weighted by Crippen LogP contribution is 2.38. The van der Waals surface area contributed by atoms with Crippen molar-refractivity contribution in [2.75, 3.05) is 16.8 Å². The van der Waals surface area contributed by atoms with Gasteiger partial charge in [0.05, 0.1) is 0 Å². The van der Waals surface area contributed by atoms with Gasteiger partial charge >= 0.3 is 6.03 Å². The molecule has 0 spiro atoms. The summed E-state index contributed by atoms with van der Waals surface area (Å²) in [5.41, 5.74) is 12.1. The standard InChI is InChI=1S/C29H31N3O2/c30-28(33)18-20-6-8-21(9-7-20)22-10-12-23(13-11-22)24-14-15-27-25(19-24)16-17-32(27)29(34)31-26-4-2-1-3-5-26/h1-5,10-15,19-21H,6-9,16-18H2,(H2,30,33)(H,31,34). The number of anilines is 2. The minimum absolute atomic E-state index is 0.0902. The first kappa shape index (κ1) is 22.2. The number of para-hydroxylation sites is 1. The number of carbonyl (C=O) groups is 2. The molecule has 0 atom stereocenters. The lowest BCUT2D eigenvalue weighted by molar-refractivity contribution is -0.119. The molecular weight excluding hydrogens is 422 g/mol. The number of nitrogens with two attached hydrogens (primary N) is 1. The summed E-state index contributed by atoms with van der Waals surface area (Å²) < 4.78 is 0. The van der Waals surface area contributed by atoms with Crippen LogP contribution in [0.4, 0.5) is 16.2 Å². The monoisotopic (exact) mass is 453 g/mol. The quantitative estimate of drug-likeness (QED) is 0.490. The van der Waals surface area contributed by atoms with Crippen LogP contribution in [0.2, 0.25) is 0 Å². The van der Waals surface area contributed by atoms with Gasteiger partial charge < -0.3 is 11.1 Å². The molecule has 3 aromatic rings. The van der Waals surface area contributed by atoms with Gasteiger partial charge in [-0.1, -0.05) is 48.5 Å². The van der Waals surface area contributed by atoms with Crippen LogP contribution < -0.4 is 16.0 Å². The van der Waals surface area contributed by atoms with E-state index in [1.54, 1.807) is 0 Å². The van der Waals surface area contributed by atoms with Gasteiger partial charge in [0.1, 0.15) is 0 Å². The fourth-order valence-corrected chi connectivity index (χ4v) is 5.44. The van der Waals surface area contributed by atoms with Crippen molar-refractivity contribution in [3.05, 3.63) is 83.9 Å². The Kier molecular flexibility index (Phi) is 6.35. The minimum Gasteiger partial charge on any atom is -0.370 e. The molecule has 1 aliphatic carbocycles. The average molecular weight is 454 g/mol. The number of fused-ring (bicyclic) bond motifs is 1. The van der Waals surface area contributed by atoms with Crippen LogP contribution in [0.3, 0.4) is 0 Å². The molecule has 1 fully saturated rings. The van der Waals surface area contributed by atoms with Crippen molar-refractivity contribution in [1.82, 2.24) is 0 Å². The van der Waals surface area contributed by atoms with Crippen LogP contribution in [0.1, 0.15) is 49.1 Å². The zero-order valence-corrected chi connectivity index (χ0v) is 19.4. The van der Waals surface area contributed by atoms with Crippen molar-refractivity contribution in [2.24, 2.45) is 11.7 Å². The molecule has 0 aromatic heterocycles. The summed E-state index contributed by atoms with van der Waals surface area (Å²) in [6.45, 7) is 0.689. The molecule has 0 saturated heterocycles. The lowest BCUT2D eigenvalue weighted by Gasteiger charge is -2.28. The van der Waals surface area contributed by atoms with Gasteiger partial charge in [-0.25, -0.2) is 4.79 Å². The van der Waals surface area contributed by atoms with Crippen LogP contribution >= 0.6 is 0 Å². The van der Waals surface area contributed by atoms with Crippen molar-refractivity contribution >= 4 is 23.3 Å². The molecule has 3 amide bonds. The van der Waals surface area contributed by atoms with Crippen LogP contribution in [0.15, 0.2) is 72.8 Å². The molecule has 1 saturated carbocycles. The van der Waals surface area contributed by atoms with E-state index >= 15 is 0 Å². The van der Waals surface area contributed by atoms with Gasteiger partial charge in [-0.3, -0.25) is 9.69 Å². The van der Waals surface area contributed by atoms with Gasteiger partial charge in [0, 0.05) is 24.3 Å². The predicted molar refractivity (Wildman–Crippen MR) is 137 cm³/mol. The first-order chi connectivity index (χ1) is 16.6. The number of primary amides is 1. The molecule has 34 heavy (non-hydrogen) atoms. The Morgan fingerprint density at radius 1 is 0.882 bits per heavy atom. The number of hydrogen-bond acceptors (Lipinski definition) is 2. The minimum atomic E-state index is -0.179. The van der Waals surface area contributed by atoms with Gasteiger partial charge in [0.25, 0.3) is 0 Å². The summed E-state index contributed by atoms with van der Waals surface area (Å²) in [5.74, 6) is 0.839. The van der Waals surface area contributed by atoms with Crippen molar-refractivity contribution in [3.8, 4) is 11.1 Å². The second-order valence-electron chi connectivity index (χ2n) is 9.55. The van der Waals surface area contributed by atoms with E-state index in [1.165, 1.54) is 22.3 Å². The van der Waals surface area contributed by atoms with E-state index in [-0.39, 0.29) is 11.9 Å². The van der Waals surface area contributed by atoms with Gasteiger partial charge in [0.2, 0.25) is 5.91 Å². The smallest absolute Gasteiger partial charge is 0.326 e. The number of nitrogens with one attached hydrogen (secondary N) is 1. The SMILES string of the molecule is NC(=O)CC1CCC(c2ccc(-c3ccc4c(c3)CCN4C(=O)Nc3ccccc3)cc2)CC1. The number of benzene rings is 3. The number of rotatable bonds is 5. The van der Waals surface area contributed by atoms with Crippen LogP contribution in [0.5, 0.6) is 0 Å². The Morgan fingerprint density at radius 2 is 1.59 bits per heavy atom. The first-order valence-electron chi connectivity index (χ1n) is 12.2. The number of hydrogen-bond donors (Lipinski definition) is 2. The summed E-state index contributed by atoms with van der Waals surface area (Å²) in [4.78, 5) is 25.8. The molecule has 0 unspecified atom stereocenters. The molecule has 0 radical (unpaired) electrons. The molecule has 5 heteroatoms. The maximum Gasteiger partial charge on any atom is 0.326 e. The van der Waals surface area contributed by atoms with Gasteiger partial charge in [-0.2, -0.15) is 0 Å². The van der Waals surface area contributed by atoms with Crippen LogP contribution in [-0.4, -0.2) is 18.5 Å². The van der Waals surface area contributed by atoms with E-state index in [0.717, 1.165) is 43.5 Å². The number of nitrogens with zero attached hydrogens (tertiary/aromatic N) is 1. The molecular formula is C29H31N3O2. The largest absolute Gasteiger partial charge is 0.370 e. The Bertz CT molecular complexity index is 1170. The van der Waals surface area contributed by atoms with Gasteiger partial charge in [0.15, 0.2) is 0 Å². The Balaban J connectivity index is 1.24. The molecule has 3 N–H and O–H groups in total. The fraction of sp³-hybridized carbons (Fsp3) is 0.310. The Morgan fingerprint density at radius 3 is 2.29 bits per heavy atom. The Hall–Kier alpha value is -3.60. The van der Waals surface area contributed by atoms with Crippen molar-refractivity contribution in [1.29, 1.82) is 0 Å². The van der Waals surface area contributed by atoms with E-state index in [4.69, 9.17) is 5.73 Å². The average Bonchev–Trinajstić information content (AvgIpc) is 3.28. The summed E-state index contributed by atoms with van der Waals surface area (Å²) in [6, 6.07) is 24.8. The molecule has 5 nitrogen and oxygen atoms in total. The zero-order chi connectivity index (χ0) is 23.5. The topological polar surface area (TPSA) is 75.4 Å². The Labute approximate surface area is 201 Å². The number of carbonyl (C=O) groups excluding carboxylic acids is 2. The number of amides is 3. The molecule has 1 aliphatic heterocycles. The summed E-state index contributed by atoms with van der Waals surface area (Å²) in [5, 5.41) is 2.98. The lowest BCUT2D eigenvalue weighted by Crippen LogP contribution is -2.33. The van der Waals surface area contributed by atoms with Gasteiger partial charge in [-0.05, 0) is 90.5 Å². The molecule has 3 aromatic carbocycles. The molecule has 1 heterocycles. The maximum atomic E-state index is 12.8. The highest BCUT2D eigenvalue weighted by atomic mass is 16.2. The van der Waals surface area contributed by atoms with E-state index in [1.807, 2.05) is 35.2 Å². The second kappa shape index (κ2) is 9.72. The summed E-state index contributed by atoms with van der Waals surface area (Å²) in [6.07, 6.45) is 5.78. The number of urea groups is 1. The van der Waals surface area contributed by atoms with Gasteiger partial charge in [-0.15, -0.1) is 0 Å². The van der Waals surface area contributed by atoms with Crippen molar-refractivity contribution < 1.29 is 9.59 Å². The third-order valence-electron chi connectivity index (χ3n) is 7.30. The molecule has 2 aliphatic rings. The predicted octanol–water partition coefficient (Wildman–Crippen LogP) is 6.10. The highest BCUT2D eigenvalue weighted by molar-refractivity contribution is 6.03. The van der Waals surface area contributed by atoms with E-state index in [9.17, 15) is 9.59 Å². The van der Waals surface area contributed by atoms with Crippen LogP contribution in [0, 0.1) is 5.92 Å². The van der Waals surface area contributed by atoms with Crippen molar-refractivity contribution in [2.45, 2.75) is 44.4 Å². The molecule has 174 valence electrons. The second-order valence-corrected chi connectivity index (χ2v) is 9.55. The lowest BCUT2D eigenvalue weighted by atomic mass is 9.77. The normalized spacial score (nSPS) is 19.5. The highest BCUT2D eigenvalue weighted by Gasteiger charge is 2.26.